The van der Waals surface area contributed by atoms with E-state index in [4.69, 9.17) is 4.43 Å². The number of rotatable bonds is 8. The van der Waals surface area contributed by atoms with Gasteiger partial charge in [-0.05, 0) is 105 Å². The van der Waals surface area contributed by atoms with Crippen LogP contribution in [0.5, 0.6) is 0 Å². The van der Waals surface area contributed by atoms with Gasteiger partial charge in [-0.3, -0.25) is 0 Å². The van der Waals surface area contributed by atoms with E-state index in [0.717, 1.165) is 43.3 Å². The highest BCUT2D eigenvalue weighted by atomic mass is 28.4. The molecule has 0 aromatic rings. The van der Waals surface area contributed by atoms with Crippen LogP contribution >= 0.6 is 0 Å². The first-order valence-electron chi connectivity index (χ1n) is 14.4. The van der Waals surface area contributed by atoms with E-state index >= 15 is 0 Å². The number of hydrogen-bond acceptors (Lipinski definition) is 2. The van der Waals surface area contributed by atoms with E-state index in [-0.39, 0.29) is 5.04 Å². The summed E-state index contributed by atoms with van der Waals surface area (Å²) >= 11 is 0. The van der Waals surface area contributed by atoms with E-state index in [2.05, 4.69) is 66.8 Å². The normalized spacial score (nSPS) is 36.0. The molecule has 2 nitrogen and oxygen atoms in total. The fourth-order valence-electron chi connectivity index (χ4n) is 7.42. The van der Waals surface area contributed by atoms with Crippen LogP contribution in [-0.4, -0.2) is 20.7 Å². The Hall–Kier alpha value is -0.673. The third-order valence-electron chi connectivity index (χ3n) is 10.3. The number of allylic oxidation sites excluding steroid dienone is 3. The predicted octanol–water partition coefficient (Wildman–Crippen LogP) is 9.27. The molecule has 6 atom stereocenters. The SMILES string of the molecule is C[C@@H]1C/C(=C/C=C2\CCC[C@]3(C)[C@@H]([C@H](C)CCCC=O)CC[C@@H]23)C[C@@H](O[Si](C)(C)C(C)(C)C)C1. The summed E-state index contributed by atoms with van der Waals surface area (Å²) < 4.78 is 6.86. The molecule has 3 aliphatic rings. The molecule has 0 saturated heterocycles. The molecule has 0 aliphatic heterocycles. The van der Waals surface area contributed by atoms with Crippen molar-refractivity contribution in [1.82, 2.24) is 0 Å². The van der Waals surface area contributed by atoms with Crippen LogP contribution in [0, 0.1) is 29.1 Å². The smallest absolute Gasteiger partial charge is 0.192 e. The Bertz CT molecular complexity index is 758. The van der Waals surface area contributed by atoms with Crippen LogP contribution in [0.15, 0.2) is 23.3 Å². The minimum atomic E-state index is -1.73. The zero-order chi connectivity index (χ0) is 25.1. The molecule has 0 N–H and O–H groups in total. The zero-order valence-electron chi connectivity index (χ0n) is 23.7. The molecule has 3 heteroatoms. The number of carbonyl (C=O) groups is 1. The summed E-state index contributed by atoms with van der Waals surface area (Å²) in [6, 6.07) is 0. The molecular formula is C31H54O2Si. The van der Waals surface area contributed by atoms with Crippen LogP contribution < -0.4 is 0 Å². The highest BCUT2D eigenvalue weighted by Gasteiger charge is 2.50. The average Bonchev–Trinajstić information content (AvgIpc) is 3.08. The predicted molar refractivity (Wildman–Crippen MR) is 149 cm³/mol. The molecule has 3 fully saturated rings. The van der Waals surface area contributed by atoms with E-state index in [0.29, 0.717) is 17.4 Å². The van der Waals surface area contributed by atoms with Crippen molar-refractivity contribution < 1.29 is 9.22 Å². The molecule has 0 spiro atoms. The summed E-state index contributed by atoms with van der Waals surface area (Å²) in [6.45, 7) is 19.3. The Morgan fingerprint density at radius 2 is 1.91 bits per heavy atom. The van der Waals surface area contributed by atoms with E-state index in [9.17, 15) is 4.79 Å². The molecule has 0 bridgehead atoms. The maximum atomic E-state index is 10.8. The van der Waals surface area contributed by atoms with Crippen LogP contribution in [-0.2, 0) is 9.22 Å². The van der Waals surface area contributed by atoms with Crippen LogP contribution in [0.1, 0.15) is 112 Å². The van der Waals surface area contributed by atoms with Crippen LogP contribution in [0.3, 0.4) is 0 Å². The number of hydrogen-bond donors (Lipinski definition) is 0. The van der Waals surface area contributed by atoms with Gasteiger partial charge in [0.25, 0.3) is 0 Å². The second-order valence-corrected chi connectivity index (χ2v) is 18.7. The number of aldehydes is 1. The summed E-state index contributed by atoms with van der Waals surface area (Å²) in [5.41, 5.74) is 3.79. The first-order chi connectivity index (χ1) is 15.9. The molecule has 3 saturated carbocycles. The number of fused-ring (bicyclic) bond motifs is 1. The molecule has 0 unspecified atom stereocenters. The van der Waals surface area contributed by atoms with Gasteiger partial charge in [-0.25, -0.2) is 0 Å². The van der Waals surface area contributed by atoms with Crippen molar-refractivity contribution in [2.24, 2.45) is 29.1 Å². The quantitative estimate of drug-likeness (QED) is 0.194. The maximum Gasteiger partial charge on any atom is 0.192 e. The lowest BCUT2D eigenvalue weighted by Gasteiger charge is -2.44. The van der Waals surface area contributed by atoms with E-state index in [1.807, 2.05) is 0 Å². The van der Waals surface area contributed by atoms with Crippen LogP contribution in [0.4, 0.5) is 0 Å². The molecule has 0 amide bonds. The maximum absolute atomic E-state index is 10.8. The molecule has 3 rings (SSSR count). The van der Waals surface area contributed by atoms with Crippen molar-refractivity contribution in [3.8, 4) is 0 Å². The summed E-state index contributed by atoms with van der Waals surface area (Å²) in [5.74, 6) is 3.03. The van der Waals surface area contributed by atoms with Gasteiger partial charge in [0, 0.05) is 12.5 Å². The fraction of sp³-hybridized carbons (Fsp3) is 0.839. The minimum absolute atomic E-state index is 0.273. The van der Waals surface area contributed by atoms with Gasteiger partial charge in [-0.2, -0.15) is 0 Å². The lowest BCUT2D eigenvalue weighted by molar-refractivity contribution is -0.108. The van der Waals surface area contributed by atoms with Crippen LogP contribution in [0.25, 0.3) is 0 Å². The molecule has 3 aliphatic carbocycles. The van der Waals surface area contributed by atoms with Crippen molar-refractivity contribution in [3.05, 3.63) is 23.3 Å². The summed E-state index contributed by atoms with van der Waals surface area (Å²) in [7, 11) is -1.73. The third kappa shape index (κ3) is 6.36. The number of carbonyl (C=O) groups excluding carboxylic acids is 1. The Morgan fingerprint density at radius 1 is 1.18 bits per heavy atom. The molecular weight excluding hydrogens is 432 g/mol. The third-order valence-corrected chi connectivity index (χ3v) is 14.8. The van der Waals surface area contributed by atoms with Crippen molar-refractivity contribution in [1.29, 1.82) is 0 Å². The minimum Gasteiger partial charge on any atom is -0.414 e. The first-order valence-corrected chi connectivity index (χ1v) is 17.3. The lowest BCUT2D eigenvalue weighted by atomic mass is 9.60. The van der Waals surface area contributed by atoms with Crippen LogP contribution in [0.2, 0.25) is 18.1 Å². The van der Waals surface area contributed by atoms with E-state index in [1.165, 1.54) is 51.4 Å². The highest BCUT2D eigenvalue weighted by Crippen LogP contribution is 2.60. The van der Waals surface area contributed by atoms with Gasteiger partial charge in [-0.1, -0.05) is 71.3 Å². The topological polar surface area (TPSA) is 26.3 Å². The molecule has 0 radical (unpaired) electrons. The Kier molecular flexibility index (Phi) is 9.16. The lowest BCUT2D eigenvalue weighted by Crippen LogP contribution is -2.45. The fourth-order valence-corrected chi connectivity index (χ4v) is 8.79. The Morgan fingerprint density at radius 3 is 2.59 bits per heavy atom. The molecule has 0 aromatic carbocycles. The largest absolute Gasteiger partial charge is 0.414 e. The van der Waals surface area contributed by atoms with E-state index < -0.39 is 8.32 Å². The monoisotopic (exact) mass is 486 g/mol. The van der Waals surface area contributed by atoms with Gasteiger partial charge >= 0.3 is 0 Å². The molecule has 194 valence electrons. The zero-order valence-corrected chi connectivity index (χ0v) is 24.7. The molecule has 0 heterocycles. The van der Waals surface area contributed by atoms with Gasteiger partial charge in [-0.15, -0.1) is 0 Å². The Balaban J connectivity index is 1.70. The average molecular weight is 487 g/mol. The van der Waals surface area contributed by atoms with Gasteiger partial charge in [0.1, 0.15) is 6.29 Å². The Labute approximate surface area is 212 Å². The standard InChI is InChI=1S/C31H54O2Si/c1-23-20-25(22-27(21-23)33-34(7,8)30(3,4)5)14-15-26-13-11-18-31(6)28(16-17-29(26)31)24(2)12-9-10-19-32/h14-15,19,23-24,27-29H,9-13,16-18,20-22H2,1-8H3/b25-14-,26-15+/t23-,24-,27+,28-,29+,31-/m1/s1. The van der Waals surface area contributed by atoms with E-state index in [1.54, 1.807) is 11.1 Å². The van der Waals surface area contributed by atoms with Gasteiger partial charge in [0.2, 0.25) is 0 Å². The van der Waals surface area contributed by atoms with Crippen molar-refractivity contribution in [2.75, 3.05) is 0 Å². The molecule has 34 heavy (non-hydrogen) atoms. The van der Waals surface area contributed by atoms with Gasteiger partial charge < -0.3 is 9.22 Å². The second-order valence-electron chi connectivity index (χ2n) is 14.0. The highest BCUT2D eigenvalue weighted by molar-refractivity contribution is 6.74. The van der Waals surface area contributed by atoms with Crippen molar-refractivity contribution in [3.63, 3.8) is 0 Å². The summed E-state index contributed by atoms with van der Waals surface area (Å²) in [5, 5.41) is 0.273. The molecule has 0 aromatic heterocycles. The first kappa shape index (κ1) is 27.9. The number of unbranched alkanes of at least 4 members (excludes halogenated alkanes) is 1. The van der Waals surface area contributed by atoms with Gasteiger partial charge in [0.15, 0.2) is 8.32 Å². The van der Waals surface area contributed by atoms with Gasteiger partial charge in [0.05, 0.1) is 0 Å². The van der Waals surface area contributed by atoms with Crippen molar-refractivity contribution >= 4 is 14.6 Å². The van der Waals surface area contributed by atoms with Crippen molar-refractivity contribution in [2.45, 2.75) is 136 Å². The summed E-state index contributed by atoms with van der Waals surface area (Å²) in [4.78, 5) is 10.8. The second kappa shape index (κ2) is 11.2. The summed E-state index contributed by atoms with van der Waals surface area (Å²) in [6.07, 6.45) is 19.9.